The van der Waals surface area contributed by atoms with Gasteiger partial charge in [0.2, 0.25) is 5.91 Å². The highest BCUT2D eigenvalue weighted by Gasteiger charge is 2.26. The van der Waals surface area contributed by atoms with Gasteiger partial charge in [-0.05, 0) is 31.2 Å². The zero-order chi connectivity index (χ0) is 18.7. The summed E-state index contributed by atoms with van der Waals surface area (Å²) in [6.45, 7) is 6.06. The number of methoxy groups -OCH3 is 1. The van der Waals surface area contributed by atoms with Gasteiger partial charge in [-0.25, -0.2) is 9.97 Å². The minimum absolute atomic E-state index is 0.0869. The first-order valence-corrected chi connectivity index (χ1v) is 8.64. The summed E-state index contributed by atoms with van der Waals surface area (Å²) in [6.07, 6.45) is 0. The highest BCUT2D eigenvalue weighted by molar-refractivity contribution is 6.05. The molecule has 0 spiro atoms. The van der Waals surface area contributed by atoms with Gasteiger partial charge in [-0.2, -0.15) is 0 Å². The Morgan fingerprint density at radius 2 is 1.88 bits per heavy atom. The number of para-hydroxylation sites is 1. The third kappa shape index (κ3) is 3.18. The summed E-state index contributed by atoms with van der Waals surface area (Å²) >= 11 is 0. The Morgan fingerprint density at radius 1 is 1.12 bits per heavy atom. The zero-order valence-electron chi connectivity index (χ0n) is 15.4. The van der Waals surface area contributed by atoms with Crippen molar-refractivity contribution < 1.29 is 9.53 Å². The van der Waals surface area contributed by atoms with Crippen LogP contribution in [0, 0.1) is 6.92 Å². The summed E-state index contributed by atoms with van der Waals surface area (Å²) < 4.78 is 5.25. The number of aryl methyl sites for hydroxylation is 1. The Kier molecular flexibility index (Phi) is 5.02. The molecular weight excluding hydrogens is 328 g/mol. The van der Waals surface area contributed by atoms with E-state index in [1.54, 1.807) is 7.11 Å². The van der Waals surface area contributed by atoms with Crippen LogP contribution in [0.1, 0.15) is 19.7 Å². The highest BCUT2D eigenvalue weighted by atomic mass is 16.5. The molecule has 0 fully saturated rings. The third-order valence-corrected chi connectivity index (χ3v) is 4.02. The number of nitrogens with one attached hydrogen (secondary N) is 1. The fourth-order valence-corrected chi connectivity index (χ4v) is 2.96. The van der Waals surface area contributed by atoms with Crippen molar-refractivity contribution in [2.75, 3.05) is 23.9 Å². The number of benzene rings is 2. The van der Waals surface area contributed by atoms with E-state index in [0.29, 0.717) is 17.3 Å². The van der Waals surface area contributed by atoms with Crippen molar-refractivity contribution in [2.24, 2.45) is 0 Å². The molecule has 6 nitrogen and oxygen atoms in total. The topological polar surface area (TPSA) is 67.3 Å². The molecule has 0 saturated heterocycles. The van der Waals surface area contributed by atoms with E-state index in [2.05, 4.69) is 15.3 Å². The minimum atomic E-state index is -0.0869. The Bertz CT molecular complexity index is 956. The molecule has 1 amide bonds. The van der Waals surface area contributed by atoms with Gasteiger partial charge in [-0.1, -0.05) is 26.0 Å². The number of hydrogen-bond acceptors (Lipinski definition) is 5. The summed E-state index contributed by atoms with van der Waals surface area (Å²) in [7, 11) is 1.60. The number of amides is 1. The molecule has 1 aliphatic rings. The van der Waals surface area contributed by atoms with Gasteiger partial charge in [0.1, 0.15) is 23.9 Å². The molecule has 0 unspecified atom stereocenters. The number of rotatable bonds is 2. The molecule has 3 aromatic rings. The largest absolute Gasteiger partial charge is 0.497 e. The van der Waals surface area contributed by atoms with Crippen molar-refractivity contribution in [2.45, 2.75) is 20.8 Å². The Hall–Kier alpha value is -3.15. The molecule has 0 bridgehead atoms. The maximum absolute atomic E-state index is 12.2. The lowest BCUT2D eigenvalue weighted by molar-refractivity contribution is -0.115. The molecule has 1 N–H and O–H groups in total. The van der Waals surface area contributed by atoms with Gasteiger partial charge in [0, 0.05) is 11.5 Å². The van der Waals surface area contributed by atoms with Crippen molar-refractivity contribution in [1.29, 1.82) is 0 Å². The maximum atomic E-state index is 12.2. The SMILES string of the molecule is CC.COc1ccc2c(c1)NC(=O)CN2c1nc(C)nc2ccccc12. The first-order valence-electron chi connectivity index (χ1n) is 8.64. The second kappa shape index (κ2) is 7.39. The standard InChI is InChI=1S/C18H16N4O2.C2H6/c1-11-19-14-6-4-3-5-13(14)18(20-11)22-10-17(23)21-15-9-12(24-2)7-8-16(15)22;1-2/h3-9H,10H2,1-2H3,(H,21,23);1-2H3. The third-order valence-electron chi connectivity index (χ3n) is 4.02. The second-order valence-electron chi connectivity index (χ2n) is 5.63. The number of aromatic nitrogens is 2. The van der Waals surface area contributed by atoms with E-state index >= 15 is 0 Å². The van der Waals surface area contributed by atoms with Crippen LogP contribution in [0.15, 0.2) is 42.5 Å². The smallest absolute Gasteiger partial charge is 0.244 e. The monoisotopic (exact) mass is 350 g/mol. The Balaban J connectivity index is 0.000000948. The summed E-state index contributed by atoms with van der Waals surface area (Å²) in [5.74, 6) is 2.01. The minimum Gasteiger partial charge on any atom is -0.497 e. The normalized spacial score (nSPS) is 12.8. The molecule has 6 heteroatoms. The molecule has 1 aromatic heterocycles. The molecule has 134 valence electrons. The molecule has 0 radical (unpaired) electrons. The van der Waals surface area contributed by atoms with Crippen LogP contribution in [0.4, 0.5) is 17.2 Å². The lowest BCUT2D eigenvalue weighted by Gasteiger charge is -2.31. The molecule has 26 heavy (non-hydrogen) atoms. The number of anilines is 3. The average molecular weight is 350 g/mol. The van der Waals surface area contributed by atoms with Crippen LogP contribution in [-0.2, 0) is 4.79 Å². The van der Waals surface area contributed by atoms with Crippen LogP contribution in [-0.4, -0.2) is 29.5 Å². The van der Waals surface area contributed by atoms with E-state index in [9.17, 15) is 4.79 Å². The molecule has 0 atom stereocenters. The van der Waals surface area contributed by atoms with Gasteiger partial charge in [-0.15, -0.1) is 0 Å². The highest BCUT2D eigenvalue weighted by Crippen LogP contribution is 2.38. The zero-order valence-corrected chi connectivity index (χ0v) is 15.4. The second-order valence-corrected chi connectivity index (χ2v) is 5.63. The maximum Gasteiger partial charge on any atom is 0.244 e. The van der Waals surface area contributed by atoms with Crippen molar-refractivity contribution in [3.05, 3.63) is 48.3 Å². The Morgan fingerprint density at radius 3 is 2.65 bits per heavy atom. The number of ether oxygens (including phenoxy) is 1. The molecule has 0 saturated carbocycles. The van der Waals surface area contributed by atoms with Crippen LogP contribution in [0.2, 0.25) is 0 Å². The van der Waals surface area contributed by atoms with Crippen molar-refractivity contribution in [3.8, 4) is 5.75 Å². The van der Waals surface area contributed by atoms with E-state index in [4.69, 9.17) is 4.74 Å². The summed E-state index contributed by atoms with van der Waals surface area (Å²) in [6, 6.07) is 13.4. The van der Waals surface area contributed by atoms with Gasteiger partial charge in [-0.3, -0.25) is 4.79 Å². The van der Waals surface area contributed by atoms with Gasteiger partial charge in [0.25, 0.3) is 0 Å². The predicted molar refractivity (Wildman–Crippen MR) is 104 cm³/mol. The van der Waals surface area contributed by atoms with Crippen LogP contribution < -0.4 is 15.0 Å². The molecule has 2 heterocycles. The summed E-state index contributed by atoms with van der Waals surface area (Å²) in [5, 5.41) is 3.81. The number of fused-ring (bicyclic) bond motifs is 2. The molecule has 1 aliphatic heterocycles. The van der Waals surface area contributed by atoms with Crippen LogP contribution in [0.3, 0.4) is 0 Å². The van der Waals surface area contributed by atoms with Crippen molar-refractivity contribution >= 4 is 34.0 Å². The van der Waals surface area contributed by atoms with Crippen LogP contribution in [0.5, 0.6) is 5.75 Å². The fourth-order valence-electron chi connectivity index (χ4n) is 2.96. The van der Waals surface area contributed by atoms with Crippen molar-refractivity contribution in [3.63, 3.8) is 0 Å². The van der Waals surface area contributed by atoms with Crippen LogP contribution >= 0.6 is 0 Å². The quantitative estimate of drug-likeness (QED) is 0.755. The average Bonchev–Trinajstić information content (AvgIpc) is 2.67. The molecule has 2 aromatic carbocycles. The number of nitrogens with zero attached hydrogens (tertiary/aromatic N) is 3. The molecule has 0 aliphatic carbocycles. The number of carbonyl (C=O) groups is 1. The lowest BCUT2D eigenvalue weighted by Crippen LogP contribution is -2.35. The van der Waals surface area contributed by atoms with Crippen LogP contribution in [0.25, 0.3) is 10.9 Å². The van der Waals surface area contributed by atoms with E-state index in [1.807, 2.05) is 68.1 Å². The Labute approximate surface area is 152 Å². The van der Waals surface area contributed by atoms with E-state index in [0.717, 1.165) is 22.4 Å². The number of hydrogen-bond donors (Lipinski definition) is 1. The van der Waals surface area contributed by atoms with E-state index in [1.165, 1.54) is 0 Å². The van der Waals surface area contributed by atoms with E-state index in [-0.39, 0.29) is 12.5 Å². The predicted octanol–water partition coefficient (Wildman–Crippen LogP) is 4.06. The lowest BCUT2D eigenvalue weighted by atomic mass is 10.1. The first-order chi connectivity index (χ1) is 12.7. The van der Waals surface area contributed by atoms with Gasteiger partial charge < -0.3 is 15.0 Å². The molecule has 4 rings (SSSR count). The van der Waals surface area contributed by atoms with Gasteiger partial charge >= 0.3 is 0 Å². The fraction of sp³-hybridized carbons (Fsp3) is 0.250. The van der Waals surface area contributed by atoms with E-state index < -0.39 is 0 Å². The summed E-state index contributed by atoms with van der Waals surface area (Å²) in [4.78, 5) is 23.2. The first kappa shape index (κ1) is 17.7. The number of carbonyl (C=O) groups excluding carboxylic acids is 1. The van der Waals surface area contributed by atoms with Crippen molar-refractivity contribution in [1.82, 2.24) is 9.97 Å². The molecular formula is C20H22N4O2. The van der Waals surface area contributed by atoms with Gasteiger partial charge in [0.15, 0.2) is 0 Å². The van der Waals surface area contributed by atoms with Gasteiger partial charge in [0.05, 0.1) is 24.0 Å². The summed E-state index contributed by atoms with van der Waals surface area (Å²) in [5.41, 5.74) is 2.46.